The first-order valence-electron chi connectivity index (χ1n) is 9.55. The SMILES string of the molecule is O=c1[nH]c(COc2cc(OCc3noc(=O)[nH]3)c3c4c(c(=O)oc3c2)CCCC4)no1. The van der Waals surface area contributed by atoms with E-state index in [-0.39, 0.29) is 30.5 Å². The van der Waals surface area contributed by atoms with Crippen LogP contribution in [0.15, 0.2) is 40.0 Å². The number of fused-ring (bicyclic) bond motifs is 3. The molecule has 12 nitrogen and oxygen atoms in total. The van der Waals surface area contributed by atoms with Gasteiger partial charge < -0.3 is 13.9 Å². The highest BCUT2D eigenvalue weighted by molar-refractivity contribution is 5.89. The summed E-state index contributed by atoms with van der Waals surface area (Å²) in [7, 11) is 0. The van der Waals surface area contributed by atoms with Gasteiger partial charge in [0.25, 0.3) is 0 Å². The zero-order valence-corrected chi connectivity index (χ0v) is 16.1. The highest BCUT2D eigenvalue weighted by atomic mass is 16.5. The van der Waals surface area contributed by atoms with Crippen LogP contribution < -0.4 is 26.6 Å². The molecule has 4 aromatic rings. The molecule has 2 N–H and O–H groups in total. The molecule has 0 saturated heterocycles. The van der Waals surface area contributed by atoms with E-state index in [4.69, 9.17) is 13.9 Å². The van der Waals surface area contributed by atoms with E-state index in [0.717, 1.165) is 24.8 Å². The molecule has 5 rings (SSSR count). The Balaban J connectivity index is 1.56. The van der Waals surface area contributed by atoms with E-state index >= 15 is 0 Å². The van der Waals surface area contributed by atoms with Crippen LogP contribution in [0.4, 0.5) is 0 Å². The van der Waals surface area contributed by atoms with Gasteiger partial charge in [0.05, 0.1) is 5.39 Å². The molecule has 12 heteroatoms. The van der Waals surface area contributed by atoms with Gasteiger partial charge in [0.15, 0.2) is 11.6 Å². The third-order valence-corrected chi connectivity index (χ3v) is 4.97. The number of aromatic amines is 2. The van der Waals surface area contributed by atoms with E-state index in [1.54, 1.807) is 12.1 Å². The van der Waals surface area contributed by atoms with E-state index in [2.05, 4.69) is 29.3 Å². The van der Waals surface area contributed by atoms with Crippen molar-refractivity contribution in [2.45, 2.75) is 38.9 Å². The van der Waals surface area contributed by atoms with E-state index in [1.807, 2.05) is 0 Å². The van der Waals surface area contributed by atoms with Crippen molar-refractivity contribution in [3.63, 3.8) is 0 Å². The normalized spacial score (nSPS) is 13.3. The monoisotopic (exact) mass is 428 g/mol. The molecule has 0 bridgehead atoms. The van der Waals surface area contributed by atoms with Crippen LogP contribution in [-0.4, -0.2) is 20.3 Å². The van der Waals surface area contributed by atoms with E-state index < -0.39 is 11.5 Å². The fraction of sp³-hybridized carbons (Fsp3) is 0.316. The van der Waals surface area contributed by atoms with Gasteiger partial charge in [-0.1, -0.05) is 10.3 Å². The lowest BCUT2D eigenvalue weighted by atomic mass is 9.90. The highest BCUT2D eigenvalue weighted by Gasteiger charge is 2.22. The summed E-state index contributed by atoms with van der Waals surface area (Å²) in [5, 5.41) is 7.80. The Bertz CT molecular complexity index is 1420. The summed E-state index contributed by atoms with van der Waals surface area (Å²) in [6.45, 7) is -0.155. The minimum atomic E-state index is -0.694. The van der Waals surface area contributed by atoms with Crippen molar-refractivity contribution in [1.29, 1.82) is 0 Å². The van der Waals surface area contributed by atoms with Crippen LogP contribution in [0.25, 0.3) is 11.0 Å². The zero-order chi connectivity index (χ0) is 21.4. The quantitative estimate of drug-likeness (QED) is 0.426. The Kier molecular flexibility index (Phi) is 4.65. The maximum Gasteiger partial charge on any atom is 0.439 e. The Morgan fingerprint density at radius 1 is 0.871 bits per heavy atom. The van der Waals surface area contributed by atoms with Gasteiger partial charge in [-0.15, -0.1) is 0 Å². The number of nitrogens with one attached hydrogen (secondary N) is 2. The van der Waals surface area contributed by atoms with Crippen molar-refractivity contribution in [2.24, 2.45) is 0 Å². The molecule has 0 amide bonds. The average Bonchev–Trinajstić information content (AvgIpc) is 3.38. The number of H-pyrrole nitrogens is 2. The lowest BCUT2D eigenvalue weighted by Gasteiger charge is -2.19. The van der Waals surface area contributed by atoms with Crippen molar-refractivity contribution in [3.8, 4) is 11.5 Å². The number of benzene rings is 1. The molecule has 160 valence electrons. The lowest BCUT2D eigenvalue weighted by molar-refractivity contribution is 0.273. The summed E-state index contributed by atoms with van der Waals surface area (Å²) < 4.78 is 26.1. The maximum atomic E-state index is 12.5. The number of rotatable bonds is 6. The topological polar surface area (TPSA) is 166 Å². The maximum absolute atomic E-state index is 12.5. The number of hydrogen-bond donors (Lipinski definition) is 2. The van der Waals surface area contributed by atoms with Crippen molar-refractivity contribution >= 4 is 11.0 Å². The number of hydrogen-bond acceptors (Lipinski definition) is 10. The van der Waals surface area contributed by atoms with Gasteiger partial charge in [0, 0.05) is 17.7 Å². The fourth-order valence-electron chi connectivity index (χ4n) is 3.65. The van der Waals surface area contributed by atoms with Crippen LogP contribution in [0.5, 0.6) is 11.5 Å². The summed E-state index contributed by atoms with van der Waals surface area (Å²) >= 11 is 0. The second kappa shape index (κ2) is 7.63. The molecule has 0 fully saturated rings. The molecule has 0 radical (unpaired) electrons. The molecule has 0 aliphatic heterocycles. The number of ether oxygens (including phenoxy) is 2. The minimum Gasteiger partial charge on any atom is -0.485 e. The number of nitrogens with zero attached hydrogens (tertiary/aromatic N) is 2. The van der Waals surface area contributed by atoms with E-state index in [9.17, 15) is 14.4 Å². The molecular weight excluding hydrogens is 412 g/mol. The van der Waals surface area contributed by atoms with Gasteiger partial charge in [-0.3, -0.25) is 19.0 Å². The Morgan fingerprint density at radius 3 is 2.16 bits per heavy atom. The summed E-state index contributed by atoms with van der Waals surface area (Å²) in [5.41, 5.74) is 1.45. The van der Waals surface area contributed by atoms with Crippen LogP contribution in [0.3, 0.4) is 0 Å². The van der Waals surface area contributed by atoms with Gasteiger partial charge >= 0.3 is 17.1 Å². The van der Waals surface area contributed by atoms with E-state index in [1.165, 1.54) is 0 Å². The van der Waals surface area contributed by atoms with Gasteiger partial charge in [0.2, 0.25) is 0 Å². The largest absolute Gasteiger partial charge is 0.485 e. The molecule has 1 aliphatic rings. The van der Waals surface area contributed by atoms with Crippen molar-refractivity contribution in [3.05, 3.63) is 66.4 Å². The van der Waals surface area contributed by atoms with Crippen LogP contribution in [0.2, 0.25) is 0 Å². The van der Waals surface area contributed by atoms with Gasteiger partial charge in [-0.05, 0) is 31.2 Å². The molecule has 1 aliphatic carbocycles. The smallest absolute Gasteiger partial charge is 0.439 e. The molecule has 0 atom stereocenters. The summed E-state index contributed by atoms with van der Waals surface area (Å²) in [5.74, 6) is -0.271. The Hall–Kier alpha value is -4.09. The molecular formula is C19H16N4O8. The lowest BCUT2D eigenvalue weighted by Crippen LogP contribution is -2.16. The third-order valence-electron chi connectivity index (χ3n) is 4.97. The Labute approximate surface area is 171 Å². The second-order valence-corrected chi connectivity index (χ2v) is 7.01. The molecule has 0 saturated carbocycles. The molecule has 3 aromatic heterocycles. The highest BCUT2D eigenvalue weighted by Crippen LogP contribution is 2.37. The summed E-state index contributed by atoms with van der Waals surface area (Å²) in [4.78, 5) is 39.5. The van der Waals surface area contributed by atoms with Gasteiger partial charge in [-0.2, -0.15) is 0 Å². The number of aromatic nitrogens is 4. The first kappa shape index (κ1) is 18.9. The average molecular weight is 428 g/mol. The second-order valence-electron chi connectivity index (χ2n) is 7.01. The fourth-order valence-corrected chi connectivity index (χ4v) is 3.65. The van der Waals surface area contributed by atoms with E-state index in [0.29, 0.717) is 34.5 Å². The number of aryl methyl sites for hydroxylation is 1. The molecule has 0 unspecified atom stereocenters. The molecule has 1 aromatic carbocycles. The molecule has 3 heterocycles. The predicted octanol–water partition coefficient (Wildman–Crippen LogP) is 1.18. The van der Waals surface area contributed by atoms with Gasteiger partial charge in [0.1, 0.15) is 30.3 Å². The van der Waals surface area contributed by atoms with Crippen LogP contribution >= 0.6 is 0 Å². The first-order chi connectivity index (χ1) is 15.1. The summed E-state index contributed by atoms with van der Waals surface area (Å²) in [6, 6.07) is 3.21. The van der Waals surface area contributed by atoms with Crippen LogP contribution in [-0.2, 0) is 26.1 Å². The zero-order valence-electron chi connectivity index (χ0n) is 16.1. The Morgan fingerprint density at radius 2 is 1.52 bits per heavy atom. The van der Waals surface area contributed by atoms with Crippen molar-refractivity contribution in [1.82, 2.24) is 20.3 Å². The third kappa shape index (κ3) is 3.74. The first-order valence-corrected chi connectivity index (χ1v) is 9.55. The van der Waals surface area contributed by atoms with Crippen molar-refractivity contribution in [2.75, 3.05) is 0 Å². The minimum absolute atomic E-state index is 0.0746. The van der Waals surface area contributed by atoms with Crippen molar-refractivity contribution < 1.29 is 22.9 Å². The standard InChI is InChI=1S/C19H16N4O8/c24-17-11-4-2-1-3-10(11)16-12(28-8-15-21-19(26)31-23-15)5-9(6-13(16)29-17)27-7-14-20-18(25)30-22-14/h5-6H,1-4,7-8H2,(H,20,22,25)(H,21,23,26). The van der Waals surface area contributed by atoms with Gasteiger partial charge in [-0.25, -0.2) is 14.4 Å². The summed E-state index contributed by atoms with van der Waals surface area (Å²) in [6.07, 6.45) is 3.21. The van der Waals surface area contributed by atoms with Crippen LogP contribution in [0.1, 0.15) is 35.6 Å². The van der Waals surface area contributed by atoms with Crippen LogP contribution in [0, 0.1) is 0 Å². The molecule has 0 spiro atoms. The predicted molar refractivity (Wildman–Crippen MR) is 102 cm³/mol. The molecule has 31 heavy (non-hydrogen) atoms.